The molecule has 3 aromatic rings. The summed E-state index contributed by atoms with van der Waals surface area (Å²) in [6.45, 7) is 0.264. The molecule has 0 unspecified atom stereocenters. The van der Waals surface area contributed by atoms with Crippen molar-refractivity contribution in [2.45, 2.75) is 25.7 Å². The number of anilines is 1. The fraction of sp³-hybridized carbons (Fsp3) is 0.312. The molecule has 110 valence electrons. The van der Waals surface area contributed by atoms with Crippen molar-refractivity contribution >= 4 is 38.7 Å². The second-order valence-corrected chi connectivity index (χ2v) is 7.17. The van der Waals surface area contributed by atoms with E-state index in [0.717, 1.165) is 40.3 Å². The van der Waals surface area contributed by atoms with E-state index < -0.39 is 0 Å². The first-order chi connectivity index (χ1) is 10.9. The predicted molar refractivity (Wildman–Crippen MR) is 91.5 cm³/mol. The molecule has 1 aliphatic rings. The number of nitriles is 1. The van der Waals surface area contributed by atoms with Gasteiger partial charge in [0.25, 0.3) is 0 Å². The monoisotopic (exact) mass is 326 g/mol. The van der Waals surface area contributed by atoms with Crippen molar-refractivity contribution in [3.63, 3.8) is 0 Å². The van der Waals surface area contributed by atoms with Crippen molar-refractivity contribution in [1.82, 2.24) is 9.97 Å². The second kappa shape index (κ2) is 5.67. The smallest absolute Gasteiger partial charge is 0.163 e. The van der Waals surface area contributed by atoms with Gasteiger partial charge in [-0.15, -0.1) is 11.3 Å². The van der Waals surface area contributed by atoms with Gasteiger partial charge in [-0.3, -0.25) is 0 Å². The topological polar surface area (TPSA) is 61.6 Å². The average molecular weight is 326 g/mol. The van der Waals surface area contributed by atoms with E-state index in [9.17, 15) is 0 Å². The normalized spacial score (nSPS) is 13.8. The molecule has 3 aromatic heterocycles. The van der Waals surface area contributed by atoms with Crippen LogP contribution in [0.3, 0.4) is 0 Å². The highest BCUT2D eigenvalue weighted by Crippen LogP contribution is 2.39. The highest BCUT2D eigenvalue weighted by molar-refractivity contribution is 7.19. The zero-order valence-corrected chi connectivity index (χ0v) is 13.6. The first-order valence-corrected chi connectivity index (χ1v) is 9.08. The number of rotatable bonds is 3. The van der Waals surface area contributed by atoms with Crippen LogP contribution in [0.4, 0.5) is 5.82 Å². The summed E-state index contributed by atoms with van der Waals surface area (Å²) < 4.78 is 0. The highest BCUT2D eigenvalue weighted by Gasteiger charge is 2.21. The Morgan fingerprint density at radius 1 is 1.27 bits per heavy atom. The molecule has 0 fully saturated rings. The molecule has 4 nitrogen and oxygen atoms in total. The lowest BCUT2D eigenvalue weighted by molar-refractivity contribution is 0.700. The number of aryl methyl sites for hydroxylation is 2. The molecule has 0 atom stereocenters. The Morgan fingerprint density at radius 2 is 2.18 bits per heavy atom. The predicted octanol–water partition coefficient (Wildman–Crippen LogP) is 4.23. The summed E-state index contributed by atoms with van der Waals surface area (Å²) in [6.07, 6.45) is 4.72. The molecule has 0 spiro atoms. The lowest BCUT2D eigenvalue weighted by Gasteiger charge is -2.12. The van der Waals surface area contributed by atoms with Crippen LogP contribution in [-0.4, -0.2) is 16.5 Å². The Bertz CT molecular complexity index is 859. The molecule has 6 heteroatoms. The molecule has 0 aliphatic heterocycles. The lowest BCUT2D eigenvalue weighted by Crippen LogP contribution is -2.05. The van der Waals surface area contributed by atoms with Gasteiger partial charge in [0.1, 0.15) is 17.2 Å². The van der Waals surface area contributed by atoms with Crippen LogP contribution in [-0.2, 0) is 12.8 Å². The molecule has 0 radical (unpaired) electrons. The van der Waals surface area contributed by atoms with Crippen LogP contribution in [0.2, 0.25) is 0 Å². The minimum absolute atomic E-state index is 0.264. The largest absolute Gasteiger partial charge is 0.356 e. The fourth-order valence-corrected chi connectivity index (χ4v) is 4.82. The Labute approximate surface area is 136 Å². The average Bonchev–Trinajstić information content (AvgIpc) is 3.19. The quantitative estimate of drug-likeness (QED) is 0.732. The zero-order valence-electron chi connectivity index (χ0n) is 11.9. The van der Waals surface area contributed by atoms with Crippen LogP contribution in [0.25, 0.3) is 21.6 Å². The van der Waals surface area contributed by atoms with Crippen LogP contribution in [0.15, 0.2) is 16.8 Å². The summed E-state index contributed by atoms with van der Waals surface area (Å²) in [5, 5.41) is 17.3. The highest BCUT2D eigenvalue weighted by atomic mass is 32.1. The van der Waals surface area contributed by atoms with Crippen molar-refractivity contribution in [1.29, 1.82) is 5.26 Å². The van der Waals surface area contributed by atoms with E-state index in [1.807, 2.05) is 11.4 Å². The van der Waals surface area contributed by atoms with Crippen molar-refractivity contribution in [2.75, 3.05) is 11.9 Å². The molecular formula is C16H14N4S2. The Morgan fingerprint density at radius 3 is 3.00 bits per heavy atom. The van der Waals surface area contributed by atoms with Crippen molar-refractivity contribution < 1.29 is 0 Å². The third-order valence-electron chi connectivity index (χ3n) is 3.93. The zero-order chi connectivity index (χ0) is 14.9. The first kappa shape index (κ1) is 13.7. The number of nitrogens with one attached hydrogen (secondary N) is 1. The lowest BCUT2D eigenvalue weighted by atomic mass is 9.97. The van der Waals surface area contributed by atoms with Gasteiger partial charge in [0.15, 0.2) is 5.82 Å². The van der Waals surface area contributed by atoms with Gasteiger partial charge in [-0.05, 0) is 42.7 Å². The summed E-state index contributed by atoms with van der Waals surface area (Å²) in [5.41, 5.74) is 2.43. The van der Waals surface area contributed by atoms with Gasteiger partial charge in [0.05, 0.1) is 11.5 Å². The molecule has 1 N–H and O–H groups in total. The van der Waals surface area contributed by atoms with E-state index in [1.54, 1.807) is 22.7 Å². The summed E-state index contributed by atoms with van der Waals surface area (Å²) in [4.78, 5) is 12.0. The van der Waals surface area contributed by atoms with Crippen LogP contribution in [0, 0.1) is 11.3 Å². The number of thiophene rings is 2. The molecule has 0 amide bonds. The molecule has 0 bridgehead atoms. The standard InChI is InChI=1S/C16H14N4S2/c17-6-7-18-15-13-11-3-1-2-4-12(11)22-16(13)20-14(19-15)10-5-8-21-9-10/h5,8-9H,1-4,7H2,(H,18,19,20). The van der Waals surface area contributed by atoms with Gasteiger partial charge in [0, 0.05) is 15.8 Å². The number of hydrogen-bond donors (Lipinski definition) is 1. The van der Waals surface area contributed by atoms with Crippen molar-refractivity contribution in [2.24, 2.45) is 0 Å². The van der Waals surface area contributed by atoms with Gasteiger partial charge >= 0.3 is 0 Å². The third kappa shape index (κ3) is 2.27. The Balaban J connectivity index is 1.93. The summed E-state index contributed by atoms with van der Waals surface area (Å²) in [7, 11) is 0. The Hall–Kier alpha value is -1.97. The van der Waals surface area contributed by atoms with Gasteiger partial charge < -0.3 is 5.32 Å². The fourth-order valence-electron chi connectivity index (χ4n) is 2.93. The molecule has 4 rings (SSSR count). The maximum Gasteiger partial charge on any atom is 0.163 e. The molecular weight excluding hydrogens is 312 g/mol. The maximum atomic E-state index is 8.89. The number of nitrogens with zero attached hydrogens (tertiary/aromatic N) is 3. The molecule has 3 heterocycles. The van der Waals surface area contributed by atoms with Crippen LogP contribution in [0.5, 0.6) is 0 Å². The molecule has 0 saturated carbocycles. The van der Waals surface area contributed by atoms with E-state index in [4.69, 9.17) is 15.2 Å². The summed E-state index contributed by atoms with van der Waals surface area (Å²) in [5.74, 6) is 1.56. The molecule has 0 aromatic carbocycles. The molecule has 1 aliphatic carbocycles. The first-order valence-electron chi connectivity index (χ1n) is 7.32. The van der Waals surface area contributed by atoms with Crippen LogP contribution < -0.4 is 5.32 Å². The van der Waals surface area contributed by atoms with Crippen molar-refractivity contribution in [3.8, 4) is 17.5 Å². The third-order valence-corrected chi connectivity index (χ3v) is 5.80. The SMILES string of the molecule is N#CCNc1nc(-c2ccsc2)nc2sc3c(c12)CCCC3. The van der Waals surface area contributed by atoms with Crippen LogP contribution in [0.1, 0.15) is 23.3 Å². The van der Waals surface area contributed by atoms with E-state index in [0.29, 0.717) is 0 Å². The van der Waals surface area contributed by atoms with Crippen LogP contribution >= 0.6 is 22.7 Å². The van der Waals surface area contributed by atoms with E-state index in [-0.39, 0.29) is 6.54 Å². The van der Waals surface area contributed by atoms with Gasteiger partial charge in [0.2, 0.25) is 0 Å². The van der Waals surface area contributed by atoms with Gasteiger partial charge in [-0.25, -0.2) is 9.97 Å². The summed E-state index contributed by atoms with van der Waals surface area (Å²) >= 11 is 3.43. The molecule has 0 saturated heterocycles. The van der Waals surface area contributed by atoms with E-state index in [2.05, 4.69) is 16.8 Å². The Kier molecular flexibility index (Phi) is 3.53. The number of aromatic nitrogens is 2. The van der Waals surface area contributed by atoms with Gasteiger partial charge in [-0.1, -0.05) is 0 Å². The van der Waals surface area contributed by atoms with Crippen molar-refractivity contribution in [3.05, 3.63) is 27.3 Å². The minimum atomic E-state index is 0.264. The van der Waals surface area contributed by atoms with E-state index in [1.165, 1.54) is 23.3 Å². The number of fused-ring (bicyclic) bond motifs is 3. The molecule has 22 heavy (non-hydrogen) atoms. The van der Waals surface area contributed by atoms with Gasteiger partial charge in [-0.2, -0.15) is 16.6 Å². The summed E-state index contributed by atoms with van der Waals surface area (Å²) in [6, 6.07) is 4.18. The number of hydrogen-bond acceptors (Lipinski definition) is 6. The maximum absolute atomic E-state index is 8.89. The second-order valence-electron chi connectivity index (χ2n) is 5.31. The minimum Gasteiger partial charge on any atom is -0.356 e. The van der Waals surface area contributed by atoms with E-state index >= 15 is 0 Å².